The number of hydrogen-bond donors (Lipinski definition) is 1. The first-order valence-corrected chi connectivity index (χ1v) is 6.87. The van der Waals surface area contributed by atoms with Gasteiger partial charge in [-0.15, -0.1) is 0 Å². The van der Waals surface area contributed by atoms with E-state index in [2.05, 4.69) is 0 Å². The van der Waals surface area contributed by atoms with Gasteiger partial charge < -0.3 is 5.11 Å². The molecule has 0 saturated carbocycles. The first kappa shape index (κ1) is 13.5. The first-order chi connectivity index (χ1) is 8.91. The summed E-state index contributed by atoms with van der Waals surface area (Å²) in [4.78, 5) is 22.3. The van der Waals surface area contributed by atoms with Crippen molar-refractivity contribution in [3.63, 3.8) is 0 Å². The van der Waals surface area contributed by atoms with Crippen molar-refractivity contribution in [2.75, 3.05) is 13.1 Å². The van der Waals surface area contributed by atoms with E-state index in [1.165, 1.54) is 0 Å². The molecule has 102 valence electrons. The molecule has 0 radical (unpaired) electrons. The number of carbonyl (C=O) groups excluding carboxylic acids is 1. The zero-order valence-corrected chi connectivity index (χ0v) is 10.7. The highest BCUT2D eigenvalue weighted by Gasteiger charge is 2.43. The highest BCUT2D eigenvalue weighted by atomic mass is 32.2. The van der Waals surface area contributed by atoms with Crippen molar-refractivity contribution in [2.24, 2.45) is 0 Å². The third-order valence-electron chi connectivity index (χ3n) is 2.68. The van der Waals surface area contributed by atoms with Crippen LogP contribution in [0.3, 0.4) is 0 Å². The highest BCUT2D eigenvalue weighted by Crippen LogP contribution is 2.20. The van der Waals surface area contributed by atoms with Crippen LogP contribution in [0, 0.1) is 0 Å². The Labute approximate surface area is 110 Å². The predicted octanol–water partition coefficient (Wildman–Crippen LogP) is -0.340. The van der Waals surface area contributed by atoms with Crippen molar-refractivity contribution in [3.8, 4) is 0 Å². The number of aliphatic carboxylic acids is 1. The van der Waals surface area contributed by atoms with Crippen molar-refractivity contribution < 1.29 is 23.1 Å². The van der Waals surface area contributed by atoms with Gasteiger partial charge in [0.15, 0.2) is 0 Å². The number of carbonyl (C=O) groups is 2. The third-order valence-corrected chi connectivity index (χ3v) is 4.48. The maximum Gasteiger partial charge on any atom is 0.318 e. The molecule has 19 heavy (non-hydrogen) atoms. The average Bonchev–Trinajstić information content (AvgIpc) is 2.54. The molecule has 8 heteroatoms. The van der Waals surface area contributed by atoms with Gasteiger partial charge in [0.1, 0.15) is 6.54 Å². The number of amides is 1. The summed E-state index contributed by atoms with van der Waals surface area (Å²) in [7, 11) is -4.03. The number of nitrogens with zero attached hydrogens (tertiary/aromatic N) is 2. The second kappa shape index (κ2) is 4.98. The normalized spacial score (nSPS) is 18.7. The van der Waals surface area contributed by atoms with Gasteiger partial charge >= 0.3 is 16.2 Å². The molecule has 1 aliphatic heterocycles. The second-order valence-corrected chi connectivity index (χ2v) is 5.91. The van der Waals surface area contributed by atoms with Gasteiger partial charge in [-0.1, -0.05) is 30.3 Å². The molecule has 0 aromatic heterocycles. The van der Waals surface area contributed by atoms with Crippen LogP contribution in [-0.4, -0.2) is 47.1 Å². The maximum atomic E-state index is 12.0. The molecule has 1 amide bonds. The predicted molar refractivity (Wildman–Crippen MR) is 65.1 cm³/mol. The van der Waals surface area contributed by atoms with E-state index in [-0.39, 0.29) is 6.54 Å². The van der Waals surface area contributed by atoms with Gasteiger partial charge in [0.25, 0.3) is 5.91 Å². The molecule has 2 rings (SSSR count). The summed E-state index contributed by atoms with van der Waals surface area (Å²) >= 11 is 0. The van der Waals surface area contributed by atoms with Crippen LogP contribution in [0.25, 0.3) is 0 Å². The standard InChI is InChI=1S/C11H12N2O5S/c14-10-7-12(8-11(15)16)19(17,18)13(10)6-9-4-2-1-3-5-9/h1-5H,6-8H2,(H,15,16). The monoisotopic (exact) mass is 284 g/mol. The Hall–Kier alpha value is -1.93. The van der Waals surface area contributed by atoms with Gasteiger partial charge in [-0.2, -0.15) is 12.7 Å². The van der Waals surface area contributed by atoms with Crippen LogP contribution < -0.4 is 0 Å². The molecule has 1 aliphatic rings. The Bertz CT molecular complexity index is 599. The van der Waals surface area contributed by atoms with Crippen LogP contribution in [0.15, 0.2) is 30.3 Å². The van der Waals surface area contributed by atoms with Crippen molar-refractivity contribution in [3.05, 3.63) is 35.9 Å². The minimum Gasteiger partial charge on any atom is -0.480 e. The minimum absolute atomic E-state index is 0.0852. The summed E-state index contributed by atoms with van der Waals surface area (Å²) in [5.41, 5.74) is 0.664. The molecule has 1 fully saturated rings. The molecule has 0 spiro atoms. The van der Waals surface area contributed by atoms with Crippen LogP contribution in [0.4, 0.5) is 0 Å². The van der Waals surface area contributed by atoms with Crippen LogP contribution in [0.2, 0.25) is 0 Å². The van der Waals surface area contributed by atoms with E-state index < -0.39 is 35.2 Å². The van der Waals surface area contributed by atoms with Crippen LogP contribution in [-0.2, 0) is 26.3 Å². The molecular formula is C11H12N2O5S. The number of carboxylic acids is 1. The Morgan fingerprint density at radius 2 is 1.89 bits per heavy atom. The van der Waals surface area contributed by atoms with Gasteiger partial charge in [-0.25, -0.2) is 4.31 Å². The lowest BCUT2D eigenvalue weighted by Crippen LogP contribution is -2.36. The number of hydrogen-bond acceptors (Lipinski definition) is 4. The topological polar surface area (TPSA) is 95.0 Å². The Morgan fingerprint density at radius 1 is 1.26 bits per heavy atom. The van der Waals surface area contributed by atoms with E-state index in [1.807, 2.05) is 0 Å². The highest BCUT2D eigenvalue weighted by molar-refractivity contribution is 7.87. The smallest absolute Gasteiger partial charge is 0.318 e. The van der Waals surface area contributed by atoms with Crippen molar-refractivity contribution in [2.45, 2.75) is 6.54 Å². The minimum atomic E-state index is -4.03. The summed E-state index contributed by atoms with van der Waals surface area (Å²) in [6.45, 7) is -1.22. The Kier molecular flexibility index (Phi) is 3.54. The fourth-order valence-electron chi connectivity index (χ4n) is 1.79. The molecule has 1 heterocycles. The molecule has 7 nitrogen and oxygen atoms in total. The van der Waals surface area contributed by atoms with Gasteiger partial charge in [-0.05, 0) is 5.56 Å². The largest absolute Gasteiger partial charge is 0.480 e. The second-order valence-electron chi connectivity index (χ2n) is 4.06. The zero-order chi connectivity index (χ0) is 14.0. The number of carboxylic acid groups (broad SMARTS) is 1. The summed E-state index contributed by atoms with van der Waals surface area (Å²) in [6, 6.07) is 8.64. The SMILES string of the molecule is O=C(O)CN1CC(=O)N(Cc2ccccc2)S1(=O)=O. The molecule has 1 N–H and O–H groups in total. The lowest BCUT2D eigenvalue weighted by molar-refractivity contribution is -0.137. The lowest BCUT2D eigenvalue weighted by atomic mass is 10.2. The molecule has 1 aromatic rings. The van der Waals surface area contributed by atoms with E-state index in [4.69, 9.17) is 5.11 Å². The Balaban J connectivity index is 2.22. The quantitative estimate of drug-likeness (QED) is 0.816. The van der Waals surface area contributed by atoms with Gasteiger partial charge in [0.2, 0.25) is 0 Å². The zero-order valence-electron chi connectivity index (χ0n) is 9.89. The van der Waals surface area contributed by atoms with Crippen molar-refractivity contribution in [1.29, 1.82) is 0 Å². The van der Waals surface area contributed by atoms with Crippen LogP contribution >= 0.6 is 0 Å². The van der Waals surface area contributed by atoms with E-state index in [0.29, 0.717) is 14.2 Å². The maximum absolute atomic E-state index is 12.0. The van der Waals surface area contributed by atoms with Gasteiger partial charge in [-0.3, -0.25) is 9.59 Å². The Morgan fingerprint density at radius 3 is 2.47 bits per heavy atom. The molecular weight excluding hydrogens is 272 g/mol. The third kappa shape index (κ3) is 2.74. The summed E-state index contributed by atoms with van der Waals surface area (Å²) < 4.78 is 25.4. The summed E-state index contributed by atoms with van der Waals surface area (Å²) in [5.74, 6) is -1.91. The molecule has 1 saturated heterocycles. The van der Waals surface area contributed by atoms with Crippen LogP contribution in [0.1, 0.15) is 5.56 Å². The van der Waals surface area contributed by atoms with Gasteiger partial charge in [0.05, 0.1) is 13.1 Å². The first-order valence-electron chi connectivity index (χ1n) is 5.47. The molecule has 0 aliphatic carbocycles. The summed E-state index contributed by atoms with van der Waals surface area (Å²) in [5, 5.41) is 8.63. The van der Waals surface area contributed by atoms with Crippen molar-refractivity contribution in [1.82, 2.24) is 8.61 Å². The molecule has 0 bridgehead atoms. The van der Waals surface area contributed by atoms with Gasteiger partial charge in [0, 0.05) is 0 Å². The molecule has 0 atom stereocenters. The van der Waals surface area contributed by atoms with E-state index in [9.17, 15) is 18.0 Å². The fourth-order valence-corrected chi connectivity index (χ4v) is 3.24. The van der Waals surface area contributed by atoms with E-state index in [0.717, 1.165) is 0 Å². The molecule has 1 aromatic carbocycles. The fraction of sp³-hybridized carbons (Fsp3) is 0.273. The summed E-state index contributed by atoms with van der Waals surface area (Å²) in [6.07, 6.45) is 0. The average molecular weight is 284 g/mol. The molecule has 0 unspecified atom stereocenters. The van der Waals surface area contributed by atoms with E-state index in [1.54, 1.807) is 30.3 Å². The van der Waals surface area contributed by atoms with Crippen molar-refractivity contribution >= 4 is 22.1 Å². The van der Waals surface area contributed by atoms with Crippen LogP contribution in [0.5, 0.6) is 0 Å². The number of benzene rings is 1. The number of rotatable bonds is 4. The van der Waals surface area contributed by atoms with E-state index >= 15 is 0 Å². The lowest BCUT2D eigenvalue weighted by Gasteiger charge is -2.17.